The Balaban J connectivity index is 1.27. The Morgan fingerprint density at radius 1 is 0.875 bits per heavy atom. The molecule has 0 unspecified atom stereocenters. The predicted molar refractivity (Wildman–Crippen MR) is 125 cm³/mol. The fourth-order valence-corrected chi connectivity index (χ4v) is 5.66. The Labute approximate surface area is 190 Å². The molecule has 2 aliphatic heterocycles. The first kappa shape index (κ1) is 22.8. The van der Waals surface area contributed by atoms with Gasteiger partial charge in [-0.1, -0.05) is 18.6 Å². The summed E-state index contributed by atoms with van der Waals surface area (Å²) in [7, 11) is -3.42. The van der Waals surface area contributed by atoms with Crippen molar-refractivity contribution in [1.82, 2.24) is 4.31 Å². The zero-order chi connectivity index (χ0) is 22.4. The minimum Gasteiger partial charge on any atom is -0.378 e. The van der Waals surface area contributed by atoms with Crippen molar-refractivity contribution >= 4 is 27.3 Å². The maximum absolute atomic E-state index is 12.7. The number of hydrogen-bond acceptors (Lipinski definition) is 5. The number of rotatable bonds is 7. The molecule has 2 aliphatic rings. The van der Waals surface area contributed by atoms with E-state index in [4.69, 9.17) is 4.74 Å². The predicted octanol–water partition coefficient (Wildman–Crippen LogP) is 3.27. The van der Waals surface area contributed by atoms with Crippen LogP contribution in [0.25, 0.3) is 0 Å². The maximum atomic E-state index is 12.7. The SMILES string of the molecule is O=C(CCc1ccc(S(=O)(=O)N2CCCCC2)cc1)Nc1ccc(N2CCOCC2)cc1. The number of nitrogens with zero attached hydrogens (tertiary/aromatic N) is 2. The second-order valence-electron chi connectivity index (χ2n) is 8.30. The standard InChI is InChI=1S/C24H31N3O4S/c28-24(25-21-7-9-22(10-8-21)26-16-18-31-19-17-26)13-6-20-4-11-23(12-5-20)32(29,30)27-14-2-1-3-15-27/h4-5,7-12H,1-3,6,13-19H2,(H,25,28). The van der Waals surface area contributed by atoms with Crippen molar-refractivity contribution in [2.75, 3.05) is 49.6 Å². The molecule has 1 amide bonds. The number of hydrogen-bond donors (Lipinski definition) is 1. The summed E-state index contributed by atoms with van der Waals surface area (Å²) < 4.78 is 32.4. The topological polar surface area (TPSA) is 79.0 Å². The van der Waals surface area contributed by atoms with Crippen molar-refractivity contribution in [2.24, 2.45) is 0 Å². The molecule has 32 heavy (non-hydrogen) atoms. The molecule has 0 saturated carbocycles. The molecule has 0 spiro atoms. The minimum absolute atomic E-state index is 0.0610. The molecule has 0 aromatic heterocycles. The van der Waals surface area contributed by atoms with Gasteiger partial charge in [0, 0.05) is 44.0 Å². The number of carbonyl (C=O) groups excluding carboxylic acids is 1. The van der Waals surface area contributed by atoms with E-state index in [1.807, 2.05) is 24.3 Å². The summed E-state index contributed by atoms with van der Waals surface area (Å²) in [5.74, 6) is -0.0610. The van der Waals surface area contributed by atoms with Gasteiger partial charge in [0.25, 0.3) is 0 Å². The molecular weight excluding hydrogens is 426 g/mol. The highest BCUT2D eigenvalue weighted by atomic mass is 32.2. The average molecular weight is 458 g/mol. The van der Waals surface area contributed by atoms with E-state index in [1.54, 1.807) is 28.6 Å². The number of carbonyl (C=O) groups is 1. The average Bonchev–Trinajstić information content (AvgIpc) is 2.84. The third kappa shape index (κ3) is 5.68. The number of sulfonamides is 1. The molecular formula is C24H31N3O4S. The molecule has 0 atom stereocenters. The van der Waals surface area contributed by atoms with Crippen molar-refractivity contribution in [3.05, 3.63) is 54.1 Å². The monoisotopic (exact) mass is 457 g/mol. The van der Waals surface area contributed by atoms with Crippen LogP contribution >= 0.6 is 0 Å². The largest absolute Gasteiger partial charge is 0.378 e. The van der Waals surface area contributed by atoms with E-state index in [1.165, 1.54) is 0 Å². The number of piperidine rings is 1. The second-order valence-corrected chi connectivity index (χ2v) is 10.2. The van der Waals surface area contributed by atoms with E-state index in [2.05, 4.69) is 10.2 Å². The van der Waals surface area contributed by atoms with Crippen molar-refractivity contribution in [3.8, 4) is 0 Å². The van der Waals surface area contributed by atoms with Crippen LogP contribution in [0.3, 0.4) is 0 Å². The minimum atomic E-state index is -3.42. The summed E-state index contributed by atoms with van der Waals surface area (Å²) in [5.41, 5.74) is 2.85. The van der Waals surface area contributed by atoms with Gasteiger partial charge in [-0.15, -0.1) is 0 Å². The smallest absolute Gasteiger partial charge is 0.243 e. The van der Waals surface area contributed by atoms with Gasteiger partial charge in [-0.2, -0.15) is 4.31 Å². The maximum Gasteiger partial charge on any atom is 0.243 e. The molecule has 2 fully saturated rings. The molecule has 2 saturated heterocycles. The molecule has 8 heteroatoms. The van der Waals surface area contributed by atoms with Crippen LogP contribution in [0.1, 0.15) is 31.2 Å². The lowest BCUT2D eigenvalue weighted by molar-refractivity contribution is -0.116. The highest BCUT2D eigenvalue weighted by molar-refractivity contribution is 7.89. The van der Waals surface area contributed by atoms with Crippen LogP contribution in [0.15, 0.2) is 53.4 Å². The third-order valence-corrected chi connectivity index (χ3v) is 7.96. The highest BCUT2D eigenvalue weighted by Crippen LogP contribution is 2.22. The number of morpholine rings is 1. The highest BCUT2D eigenvalue weighted by Gasteiger charge is 2.25. The Bertz CT molecular complexity index is 995. The van der Waals surface area contributed by atoms with E-state index >= 15 is 0 Å². The van der Waals surface area contributed by atoms with Crippen molar-refractivity contribution in [3.63, 3.8) is 0 Å². The lowest BCUT2D eigenvalue weighted by Crippen LogP contribution is -2.36. The van der Waals surface area contributed by atoms with Gasteiger partial charge in [0.1, 0.15) is 0 Å². The van der Waals surface area contributed by atoms with Crippen LogP contribution in [-0.2, 0) is 26.0 Å². The molecule has 7 nitrogen and oxygen atoms in total. The first-order valence-electron chi connectivity index (χ1n) is 11.3. The molecule has 0 bridgehead atoms. The summed E-state index contributed by atoms with van der Waals surface area (Å²) in [6, 6.07) is 14.8. The van der Waals surface area contributed by atoms with E-state index in [9.17, 15) is 13.2 Å². The van der Waals surface area contributed by atoms with Crippen molar-refractivity contribution in [1.29, 1.82) is 0 Å². The van der Waals surface area contributed by atoms with Crippen LogP contribution in [0, 0.1) is 0 Å². The van der Waals surface area contributed by atoms with Crippen molar-refractivity contribution in [2.45, 2.75) is 37.0 Å². The quantitative estimate of drug-likeness (QED) is 0.690. The molecule has 2 aromatic carbocycles. The number of anilines is 2. The summed E-state index contributed by atoms with van der Waals surface area (Å²) >= 11 is 0. The van der Waals surface area contributed by atoms with Gasteiger partial charge in [0.15, 0.2) is 0 Å². The van der Waals surface area contributed by atoms with Gasteiger partial charge >= 0.3 is 0 Å². The number of aryl methyl sites for hydroxylation is 1. The lowest BCUT2D eigenvalue weighted by Gasteiger charge is -2.28. The van der Waals surface area contributed by atoms with Crippen LogP contribution in [0.5, 0.6) is 0 Å². The Morgan fingerprint density at radius 2 is 1.53 bits per heavy atom. The summed E-state index contributed by atoms with van der Waals surface area (Å²) in [5, 5.41) is 2.94. The molecule has 0 radical (unpaired) electrons. The summed E-state index contributed by atoms with van der Waals surface area (Å²) in [4.78, 5) is 15.0. The van der Waals surface area contributed by atoms with Crippen LogP contribution in [-0.4, -0.2) is 58.0 Å². The van der Waals surface area contributed by atoms with Crippen molar-refractivity contribution < 1.29 is 17.9 Å². The number of ether oxygens (including phenoxy) is 1. The van der Waals surface area contributed by atoms with E-state index < -0.39 is 10.0 Å². The third-order valence-electron chi connectivity index (χ3n) is 6.04. The first-order valence-corrected chi connectivity index (χ1v) is 12.8. The molecule has 4 rings (SSSR count). The molecule has 2 heterocycles. The van der Waals surface area contributed by atoms with Gasteiger partial charge in [-0.3, -0.25) is 4.79 Å². The van der Waals surface area contributed by atoms with Crippen LogP contribution in [0.4, 0.5) is 11.4 Å². The molecule has 1 N–H and O–H groups in total. The lowest BCUT2D eigenvalue weighted by atomic mass is 10.1. The van der Waals surface area contributed by atoms with Gasteiger partial charge < -0.3 is 15.0 Å². The summed E-state index contributed by atoms with van der Waals surface area (Å²) in [6.45, 7) is 4.43. The number of nitrogens with one attached hydrogen (secondary N) is 1. The van der Waals surface area contributed by atoms with Gasteiger partial charge in [0.2, 0.25) is 15.9 Å². The zero-order valence-electron chi connectivity index (χ0n) is 18.3. The fourth-order valence-electron chi connectivity index (χ4n) is 4.14. The van der Waals surface area contributed by atoms with E-state index in [0.29, 0.717) is 30.8 Å². The van der Waals surface area contributed by atoms with Crippen LogP contribution < -0.4 is 10.2 Å². The first-order chi connectivity index (χ1) is 15.5. The van der Waals surface area contributed by atoms with Gasteiger partial charge in [0.05, 0.1) is 18.1 Å². The number of benzene rings is 2. The molecule has 2 aromatic rings. The van der Waals surface area contributed by atoms with E-state index in [-0.39, 0.29) is 5.91 Å². The zero-order valence-corrected chi connectivity index (χ0v) is 19.1. The molecule has 0 aliphatic carbocycles. The second kappa shape index (κ2) is 10.5. The fraction of sp³-hybridized carbons (Fsp3) is 0.458. The van der Waals surface area contributed by atoms with E-state index in [0.717, 1.165) is 62.5 Å². The van der Waals surface area contributed by atoms with Gasteiger partial charge in [-0.05, 0) is 61.2 Å². The Morgan fingerprint density at radius 3 is 2.19 bits per heavy atom. The normalized spacial score (nSPS) is 17.8. The molecule has 172 valence electrons. The summed E-state index contributed by atoms with van der Waals surface area (Å²) in [6.07, 6.45) is 3.82. The van der Waals surface area contributed by atoms with Crippen LogP contribution in [0.2, 0.25) is 0 Å². The van der Waals surface area contributed by atoms with Gasteiger partial charge in [-0.25, -0.2) is 8.42 Å². The number of amides is 1. The Kier molecular flexibility index (Phi) is 7.44. The Hall–Kier alpha value is -2.42.